The van der Waals surface area contributed by atoms with E-state index in [9.17, 15) is 27.6 Å². The van der Waals surface area contributed by atoms with E-state index >= 15 is 0 Å². The quantitative estimate of drug-likeness (QED) is 0.426. The van der Waals surface area contributed by atoms with Crippen molar-refractivity contribution in [3.05, 3.63) is 91.5 Å². The van der Waals surface area contributed by atoms with E-state index in [0.717, 1.165) is 32.1 Å². The van der Waals surface area contributed by atoms with Gasteiger partial charge >= 0.3 is 11.9 Å². The predicted molar refractivity (Wildman–Crippen MR) is 121 cm³/mol. The van der Waals surface area contributed by atoms with Crippen molar-refractivity contribution in [2.45, 2.75) is 33.5 Å². The van der Waals surface area contributed by atoms with Gasteiger partial charge in [-0.15, -0.1) is 0 Å². The molecule has 10 heteroatoms. The Bertz CT molecular complexity index is 1560. The molecule has 4 rings (SSSR count). The van der Waals surface area contributed by atoms with Crippen LogP contribution < -0.4 is 11.2 Å². The van der Waals surface area contributed by atoms with Gasteiger partial charge in [0.1, 0.15) is 11.3 Å². The van der Waals surface area contributed by atoms with Crippen LogP contribution in [0.25, 0.3) is 16.7 Å². The summed E-state index contributed by atoms with van der Waals surface area (Å²) in [4.78, 5) is 42.3. The molecule has 4 aromatic rings. The van der Waals surface area contributed by atoms with Crippen LogP contribution in [0.4, 0.5) is 13.2 Å². The normalized spacial score (nSPS) is 11.9. The zero-order valence-corrected chi connectivity index (χ0v) is 18.9. The molecule has 176 valence electrons. The van der Waals surface area contributed by atoms with Gasteiger partial charge in [0.2, 0.25) is 0 Å². The summed E-state index contributed by atoms with van der Waals surface area (Å²) in [6, 6.07) is 11.1. The third-order valence-electron chi connectivity index (χ3n) is 5.80. The molecule has 0 fully saturated rings. The fourth-order valence-corrected chi connectivity index (χ4v) is 4.04. The molecular weight excluding hydrogens is 449 g/mol. The molecule has 0 aliphatic rings. The first kappa shape index (κ1) is 23.2. The number of Topliss-reactive ketones (excluding diaryl/α,β-unsaturated/α-hetero) is 1. The van der Waals surface area contributed by atoms with Crippen LogP contribution in [0.5, 0.6) is 0 Å². The molecule has 7 nitrogen and oxygen atoms in total. The minimum absolute atomic E-state index is 0.187. The van der Waals surface area contributed by atoms with Crippen molar-refractivity contribution in [1.82, 2.24) is 18.7 Å². The van der Waals surface area contributed by atoms with Gasteiger partial charge < -0.3 is 4.57 Å². The van der Waals surface area contributed by atoms with E-state index in [1.54, 1.807) is 13.0 Å². The Morgan fingerprint density at radius 1 is 1.00 bits per heavy atom. The van der Waals surface area contributed by atoms with Crippen LogP contribution in [0, 0.1) is 20.8 Å². The smallest absolute Gasteiger partial charge is 0.318 e. The van der Waals surface area contributed by atoms with Crippen molar-refractivity contribution in [1.29, 1.82) is 0 Å². The lowest BCUT2D eigenvalue weighted by Gasteiger charge is -2.12. The van der Waals surface area contributed by atoms with Gasteiger partial charge in [0, 0.05) is 29.7 Å². The molecule has 0 saturated carbocycles. The second-order valence-electron chi connectivity index (χ2n) is 8.18. The second-order valence-corrected chi connectivity index (χ2v) is 8.18. The minimum Gasteiger partial charge on any atom is -0.318 e. The van der Waals surface area contributed by atoms with Gasteiger partial charge in [-0.1, -0.05) is 17.7 Å². The molecule has 0 spiro atoms. The highest BCUT2D eigenvalue weighted by Gasteiger charge is 2.33. The Balaban J connectivity index is 1.77. The topological polar surface area (TPSA) is 78.9 Å². The van der Waals surface area contributed by atoms with Crippen LogP contribution in [-0.2, 0) is 19.8 Å². The van der Waals surface area contributed by atoms with Gasteiger partial charge in [-0.2, -0.15) is 13.2 Å². The van der Waals surface area contributed by atoms with Gasteiger partial charge in [0.25, 0.3) is 5.56 Å². The zero-order valence-electron chi connectivity index (χ0n) is 18.9. The SMILES string of the molecule is Cc1ccc(-n2c(C)cc(C(=O)Cn3c(=O)c4ccc(C(F)(F)F)nc4n(C)c3=O)c2C)cc1. The first-order chi connectivity index (χ1) is 15.9. The van der Waals surface area contributed by atoms with Gasteiger partial charge in [-0.25, -0.2) is 9.78 Å². The maximum Gasteiger partial charge on any atom is 0.433 e. The number of hydrogen-bond donors (Lipinski definition) is 0. The molecule has 0 atom stereocenters. The highest BCUT2D eigenvalue weighted by Crippen LogP contribution is 2.28. The van der Waals surface area contributed by atoms with Crippen LogP contribution >= 0.6 is 0 Å². The number of benzene rings is 1. The van der Waals surface area contributed by atoms with Crippen molar-refractivity contribution in [3.63, 3.8) is 0 Å². The number of hydrogen-bond acceptors (Lipinski definition) is 4. The summed E-state index contributed by atoms with van der Waals surface area (Å²) in [7, 11) is 1.21. The van der Waals surface area contributed by atoms with E-state index in [0.29, 0.717) is 17.3 Å². The number of nitrogens with zero attached hydrogens (tertiary/aromatic N) is 4. The van der Waals surface area contributed by atoms with Crippen LogP contribution in [0.3, 0.4) is 0 Å². The Kier molecular flexibility index (Phi) is 5.55. The maximum atomic E-state index is 13.1. The van der Waals surface area contributed by atoms with Gasteiger partial charge in [0.05, 0.1) is 11.9 Å². The van der Waals surface area contributed by atoms with Crippen LogP contribution in [0.15, 0.2) is 52.1 Å². The summed E-state index contributed by atoms with van der Waals surface area (Å²) in [6.07, 6.45) is -4.73. The third-order valence-corrected chi connectivity index (χ3v) is 5.80. The fraction of sp³-hybridized carbons (Fsp3) is 0.250. The number of carbonyl (C=O) groups is 1. The Hall–Kier alpha value is -3.95. The molecule has 3 aromatic heterocycles. The molecule has 0 radical (unpaired) electrons. The predicted octanol–water partition coefficient (Wildman–Crippen LogP) is 3.71. The third kappa shape index (κ3) is 3.85. The van der Waals surface area contributed by atoms with Crippen molar-refractivity contribution in [2.75, 3.05) is 0 Å². The molecule has 0 unspecified atom stereocenters. The van der Waals surface area contributed by atoms with Gasteiger partial charge in [0.15, 0.2) is 5.78 Å². The number of fused-ring (bicyclic) bond motifs is 1. The van der Waals surface area contributed by atoms with E-state index < -0.39 is 41.1 Å². The Morgan fingerprint density at radius 2 is 1.65 bits per heavy atom. The largest absolute Gasteiger partial charge is 0.433 e. The number of carbonyl (C=O) groups excluding carboxylic acids is 1. The molecule has 0 aliphatic carbocycles. The second kappa shape index (κ2) is 8.12. The summed E-state index contributed by atoms with van der Waals surface area (Å²) >= 11 is 0. The summed E-state index contributed by atoms with van der Waals surface area (Å²) < 4.78 is 42.5. The number of rotatable bonds is 4. The molecule has 34 heavy (non-hydrogen) atoms. The minimum atomic E-state index is -4.73. The number of ketones is 1. The first-order valence-electron chi connectivity index (χ1n) is 10.4. The van der Waals surface area contributed by atoms with Gasteiger partial charge in [-0.05, 0) is 51.1 Å². The Labute approximate surface area is 191 Å². The lowest BCUT2D eigenvalue weighted by Crippen LogP contribution is -2.41. The first-order valence-corrected chi connectivity index (χ1v) is 10.4. The molecular formula is C24H21F3N4O3. The molecule has 0 bridgehead atoms. The van der Waals surface area contributed by atoms with Gasteiger partial charge in [-0.3, -0.25) is 18.7 Å². The van der Waals surface area contributed by atoms with Crippen molar-refractivity contribution in [2.24, 2.45) is 7.05 Å². The lowest BCUT2D eigenvalue weighted by molar-refractivity contribution is -0.141. The van der Waals surface area contributed by atoms with E-state index in [2.05, 4.69) is 4.98 Å². The highest BCUT2D eigenvalue weighted by atomic mass is 19.4. The summed E-state index contributed by atoms with van der Waals surface area (Å²) in [6.45, 7) is 5.02. The van der Waals surface area contributed by atoms with Crippen molar-refractivity contribution in [3.8, 4) is 5.69 Å². The average Bonchev–Trinajstić information content (AvgIpc) is 3.08. The monoisotopic (exact) mass is 470 g/mol. The van der Waals surface area contributed by atoms with E-state index in [-0.39, 0.29) is 5.39 Å². The van der Waals surface area contributed by atoms with Crippen molar-refractivity contribution < 1.29 is 18.0 Å². The van der Waals surface area contributed by atoms with Crippen LogP contribution in [0.2, 0.25) is 0 Å². The number of aromatic nitrogens is 4. The molecule has 3 heterocycles. The molecule has 1 aromatic carbocycles. The molecule has 0 amide bonds. The van der Waals surface area contributed by atoms with E-state index in [4.69, 9.17) is 0 Å². The molecule has 0 N–H and O–H groups in total. The number of pyridine rings is 1. The van der Waals surface area contributed by atoms with Crippen LogP contribution in [0.1, 0.15) is 33.0 Å². The van der Waals surface area contributed by atoms with E-state index in [1.165, 1.54) is 7.05 Å². The van der Waals surface area contributed by atoms with E-state index in [1.807, 2.05) is 42.7 Å². The lowest BCUT2D eigenvalue weighted by atomic mass is 10.1. The fourth-order valence-electron chi connectivity index (χ4n) is 4.04. The number of aryl methyl sites for hydroxylation is 3. The highest BCUT2D eigenvalue weighted by molar-refractivity contribution is 5.97. The summed E-state index contributed by atoms with van der Waals surface area (Å²) in [5.74, 6) is -0.468. The Morgan fingerprint density at radius 3 is 2.26 bits per heavy atom. The summed E-state index contributed by atoms with van der Waals surface area (Å²) in [5, 5.41) is -0.187. The average molecular weight is 470 g/mol. The number of halogens is 3. The van der Waals surface area contributed by atoms with Crippen LogP contribution in [-0.4, -0.2) is 24.5 Å². The zero-order chi connectivity index (χ0) is 24.9. The molecule has 0 saturated heterocycles. The van der Waals surface area contributed by atoms with Crippen molar-refractivity contribution >= 4 is 16.8 Å². The summed E-state index contributed by atoms with van der Waals surface area (Å²) in [5.41, 5.74) is 0.331. The standard InChI is InChI=1S/C24H21F3N4O3/c1-13-5-7-16(8-6-13)31-14(2)11-18(15(31)3)19(32)12-30-22(33)17-9-10-20(24(25,26)27)28-21(17)29(4)23(30)34/h5-11H,12H2,1-4H3. The molecule has 0 aliphatic heterocycles. The maximum absolute atomic E-state index is 13.1. The number of alkyl halides is 3.